The summed E-state index contributed by atoms with van der Waals surface area (Å²) in [6.07, 6.45) is 0. The molecule has 0 aliphatic heterocycles. The SMILES string of the molecule is Nc1ccc(Br)c(C(=O)OCc2ccc(CO)cc2)c1. The smallest absolute Gasteiger partial charge is 0.339 e. The maximum atomic E-state index is 12.0. The fourth-order valence-electron chi connectivity index (χ4n) is 1.67. The molecular weight excluding hydrogens is 322 g/mol. The molecular formula is C15H14BrNO3. The highest BCUT2D eigenvalue weighted by Crippen LogP contribution is 2.21. The van der Waals surface area contributed by atoms with E-state index in [1.165, 1.54) is 0 Å². The standard InChI is InChI=1S/C15H14BrNO3/c16-14-6-5-12(17)7-13(14)15(19)20-9-11-3-1-10(8-18)2-4-11/h1-7,18H,8-9,17H2. The van der Waals surface area contributed by atoms with E-state index in [0.29, 0.717) is 15.7 Å². The molecule has 0 bridgehead atoms. The minimum atomic E-state index is -0.435. The van der Waals surface area contributed by atoms with Crippen molar-refractivity contribution in [3.8, 4) is 0 Å². The summed E-state index contributed by atoms with van der Waals surface area (Å²) in [6.45, 7) is 0.169. The molecule has 3 N–H and O–H groups in total. The molecule has 0 fully saturated rings. The van der Waals surface area contributed by atoms with Crippen LogP contribution in [0.25, 0.3) is 0 Å². The molecule has 0 heterocycles. The number of benzene rings is 2. The lowest BCUT2D eigenvalue weighted by Crippen LogP contribution is -2.07. The van der Waals surface area contributed by atoms with E-state index >= 15 is 0 Å². The van der Waals surface area contributed by atoms with Crippen molar-refractivity contribution in [1.82, 2.24) is 0 Å². The van der Waals surface area contributed by atoms with Gasteiger partial charge in [0.25, 0.3) is 0 Å². The first kappa shape index (κ1) is 14.6. The van der Waals surface area contributed by atoms with Crippen molar-refractivity contribution < 1.29 is 14.6 Å². The molecule has 0 unspecified atom stereocenters. The first-order valence-electron chi connectivity index (χ1n) is 6.01. The minimum Gasteiger partial charge on any atom is -0.457 e. The number of nitrogens with two attached hydrogens (primary N) is 1. The Balaban J connectivity index is 2.02. The highest BCUT2D eigenvalue weighted by atomic mass is 79.9. The Bertz CT molecular complexity index is 611. The van der Waals surface area contributed by atoms with Crippen molar-refractivity contribution in [3.05, 3.63) is 63.6 Å². The molecule has 5 heteroatoms. The van der Waals surface area contributed by atoms with E-state index in [2.05, 4.69) is 15.9 Å². The van der Waals surface area contributed by atoms with Gasteiger partial charge in [-0.1, -0.05) is 24.3 Å². The van der Waals surface area contributed by atoms with Crippen molar-refractivity contribution in [1.29, 1.82) is 0 Å². The van der Waals surface area contributed by atoms with Crippen molar-refractivity contribution in [3.63, 3.8) is 0 Å². The largest absolute Gasteiger partial charge is 0.457 e. The normalized spacial score (nSPS) is 10.3. The van der Waals surface area contributed by atoms with Crippen LogP contribution in [0.15, 0.2) is 46.9 Å². The number of rotatable bonds is 4. The average molecular weight is 336 g/mol. The van der Waals surface area contributed by atoms with Gasteiger partial charge < -0.3 is 15.6 Å². The van der Waals surface area contributed by atoms with Gasteiger partial charge in [-0.05, 0) is 45.3 Å². The molecule has 2 rings (SSSR count). The summed E-state index contributed by atoms with van der Waals surface area (Å²) in [5, 5.41) is 8.95. The number of aliphatic hydroxyl groups excluding tert-OH is 1. The molecule has 0 amide bonds. The van der Waals surface area contributed by atoms with Gasteiger partial charge in [0.05, 0.1) is 12.2 Å². The Morgan fingerprint density at radius 2 is 1.80 bits per heavy atom. The van der Waals surface area contributed by atoms with E-state index in [-0.39, 0.29) is 13.2 Å². The van der Waals surface area contributed by atoms with Crippen molar-refractivity contribution in [2.24, 2.45) is 0 Å². The molecule has 0 saturated heterocycles. The van der Waals surface area contributed by atoms with E-state index < -0.39 is 5.97 Å². The van der Waals surface area contributed by atoms with Crippen LogP contribution in [-0.2, 0) is 18.0 Å². The zero-order valence-corrected chi connectivity index (χ0v) is 12.3. The van der Waals surface area contributed by atoms with Crippen LogP contribution < -0.4 is 5.73 Å². The Morgan fingerprint density at radius 1 is 1.15 bits per heavy atom. The number of aliphatic hydroxyl groups is 1. The lowest BCUT2D eigenvalue weighted by molar-refractivity contribution is 0.0471. The number of hydrogen-bond acceptors (Lipinski definition) is 4. The van der Waals surface area contributed by atoms with Crippen molar-refractivity contribution in [2.75, 3.05) is 5.73 Å². The maximum absolute atomic E-state index is 12.0. The number of halogens is 1. The molecule has 0 radical (unpaired) electrons. The molecule has 0 aromatic heterocycles. The lowest BCUT2D eigenvalue weighted by atomic mass is 10.1. The third kappa shape index (κ3) is 3.59. The first-order chi connectivity index (χ1) is 9.60. The van der Waals surface area contributed by atoms with E-state index in [9.17, 15) is 4.79 Å². The van der Waals surface area contributed by atoms with Gasteiger partial charge in [0.2, 0.25) is 0 Å². The number of esters is 1. The Kier molecular flexibility index (Phi) is 4.76. The lowest BCUT2D eigenvalue weighted by Gasteiger charge is -2.07. The summed E-state index contributed by atoms with van der Waals surface area (Å²) >= 11 is 3.29. The van der Waals surface area contributed by atoms with Crippen LogP contribution >= 0.6 is 15.9 Å². The predicted molar refractivity (Wildman–Crippen MR) is 80.0 cm³/mol. The topological polar surface area (TPSA) is 72.6 Å². The van der Waals surface area contributed by atoms with Gasteiger partial charge in [0, 0.05) is 10.2 Å². The molecule has 0 aliphatic carbocycles. The number of carbonyl (C=O) groups excluding carboxylic acids is 1. The van der Waals surface area contributed by atoms with Crippen LogP contribution in [-0.4, -0.2) is 11.1 Å². The fraction of sp³-hybridized carbons (Fsp3) is 0.133. The zero-order chi connectivity index (χ0) is 14.5. The Hall–Kier alpha value is -1.85. The highest BCUT2D eigenvalue weighted by Gasteiger charge is 2.12. The molecule has 2 aromatic carbocycles. The molecule has 20 heavy (non-hydrogen) atoms. The molecule has 104 valence electrons. The Labute approximate surface area is 125 Å². The van der Waals surface area contributed by atoms with Gasteiger partial charge in [0.1, 0.15) is 6.61 Å². The van der Waals surface area contributed by atoms with Gasteiger partial charge in [-0.15, -0.1) is 0 Å². The predicted octanol–water partition coefficient (Wildman–Crippen LogP) is 2.88. The van der Waals surface area contributed by atoms with Gasteiger partial charge in [-0.25, -0.2) is 4.79 Å². The minimum absolute atomic E-state index is 0.00366. The number of carbonyl (C=O) groups is 1. The monoisotopic (exact) mass is 335 g/mol. The number of nitrogen functional groups attached to an aromatic ring is 1. The molecule has 0 atom stereocenters. The zero-order valence-electron chi connectivity index (χ0n) is 10.7. The maximum Gasteiger partial charge on any atom is 0.339 e. The average Bonchev–Trinajstić information content (AvgIpc) is 2.47. The molecule has 0 spiro atoms. The van der Waals surface area contributed by atoms with Crippen LogP contribution in [0.4, 0.5) is 5.69 Å². The fourth-order valence-corrected chi connectivity index (χ4v) is 2.08. The van der Waals surface area contributed by atoms with Gasteiger partial charge in [-0.2, -0.15) is 0 Å². The highest BCUT2D eigenvalue weighted by molar-refractivity contribution is 9.10. The van der Waals surface area contributed by atoms with Crippen molar-refractivity contribution in [2.45, 2.75) is 13.2 Å². The van der Waals surface area contributed by atoms with Gasteiger partial charge in [0.15, 0.2) is 0 Å². The first-order valence-corrected chi connectivity index (χ1v) is 6.80. The summed E-state index contributed by atoms with van der Waals surface area (Å²) in [5.41, 5.74) is 8.23. The number of ether oxygens (including phenoxy) is 1. The van der Waals surface area contributed by atoms with Gasteiger partial charge >= 0.3 is 5.97 Å². The number of anilines is 1. The van der Waals surface area contributed by atoms with Crippen molar-refractivity contribution >= 4 is 27.6 Å². The molecule has 0 saturated carbocycles. The molecule has 2 aromatic rings. The molecule has 0 aliphatic rings. The van der Waals surface area contributed by atoms with E-state index in [4.69, 9.17) is 15.6 Å². The van der Waals surface area contributed by atoms with Crippen LogP contribution in [0.3, 0.4) is 0 Å². The van der Waals surface area contributed by atoms with Crippen LogP contribution in [0.5, 0.6) is 0 Å². The van der Waals surface area contributed by atoms with Gasteiger partial charge in [-0.3, -0.25) is 0 Å². The third-order valence-electron chi connectivity index (χ3n) is 2.79. The van der Waals surface area contributed by atoms with E-state index in [0.717, 1.165) is 11.1 Å². The van der Waals surface area contributed by atoms with E-state index in [1.807, 2.05) is 12.1 Å². The summed E-state index contributed by atoms with van der Waals surface area (Å²) in [4.78, 5) is 12.0. The molecule has 4 nitrogen and oxygen atoms in total. The second-order valence-corrected chi connectivity index (χ2v) is 5.14. The van der Waals surface area contributed by atoms with Crippen LogP contribution in [0.2, 0.25) is 0 Å². The summed E-state index contributed by atoms with van der Waals surface area (Å²) in [6, 6.07) is 12.2. The summed E-state index contributed by atoms with van der Waals surface area (Å²) in [5.74, 6) is -0.435. The van der Waals surface area contributed by atoms with Crippen LogP contribution in [0.1, 0.15) is 21.5 Å². The van der Waals surface area contributed by atoms with Crippen LogP contribution in [0, 0.1) is 0 Å². The third-order valence-corrected chi connectivity index (χ3v) is 3.48. The number of hydrogen-bond donors (Lipinski definition) is 2. The quantitative estimate of drug-likeness (QED) is 0.665. The second kappa shape index (κ2) is 6.54. The summed E-state index contributed by atoms with van der Waals surface area (Å²) < 4.78 is 5.88. The second-order valence-electron chi connectivity index (χ2n) is 4.29. The van der Waals surface area contributed by atoms with E-state index in [1.54, 1.807) is 30.3 Å². The summed E-state index contributed by atoms with van der Waals surface area (Å²) in [7, 11) is 0. The Morgan fingerprint density at radius 3 is 2.45 bits per heavy atom.